The van der Waals surface area contributed by atoms with Crippen molar-refractivity contribution in [2.24, 2.45) is 0 Å². The third kappa shape index (κ3) is 2.60. The molecule has 0 saturated carbocycles. The second kappa shape index (κ2) is 4.62. The fraction of sp³-hybridized carbons (Fsp3) is 0.100. The van der Waals surface area contributed by atoms with Crippen LogP contribution in [0, 0.1) is 36.0 Å². The monoisotopic (exact) mass is 188 g/mol. The predicted octanol–water partition coefficient (Wildman–Crippen LogP) is -0.0938. The maximum atomic E-state index is 10.4. The molecule has 0 aliphatic carbocycles. The molecule has 0 aliphatic heterocycles. The summed E-state index contributed by atoms with van der Waals surface area (Å²) in [6.07, 6.45) is 4.57. The lowest BCUT2D eigenvalue weighted by Crippen LogP contribution is -1.93. The number of hydrogen-bond donors (Lipinski definition) is 1. The van der Waals surface area contributed by atoms with Crippen LogP contribution >= 0.6 is 0 Å². The molecule has 1 atom stereocenters. The number of hydrogen-bond acceptors (Lipinski definition) is 4. The van der Waals surface area contributed by atoms with Crippen LogP contribution in [0.5, 0.6) is 0 Å². The van der Waals surface area contributed by atoms with Crippen molar-refractivity contribution in [2.45, 2.75) is 6.10 Å². The van der Waals surface area contributed by atoms with Gasteiger partial charge in [0.25, 0.3) is 0 Å². The van der Waals surface area contributed by atoms with Gasteiger partial charge in [0.05, 0.1) is 0 Å². The Labute approximate surface area is 79.5 Å². The first kappa shape index (κ1) is 9.74. The van der Waals surface area contributed by atoms with E-state index in [1.54, 1.807) is 0 Å². The van der Waals surface area contributed by atoms with Gasteiger partial charge in [0.15, 0.2) is 11.9 Å². The zero-order valence-corrected chi connectivity index (χ0v) is 6.90. The normalized spacial score (nSPS) is 10.0. The summed E-state index contributed by atoms with van der Waals surface area (Å²) >= 11 is 0. The fourth-order valence-electron chi connectivity index (χ4n) is 0.614. The van der Waals surface area contributed by atoms with E-state index in [0.29, 0.717) is 0 Å². The zero-order chi connectivity index (χ0) is 10.4. The first-order chi connectivity index (χ1) is 6.74. The predicted molar refractivity (Wildman–Crippen MR) is 46.6 cm³/mol. The Morgan fingerprint density at radius 2 is 2.21 bits per heavy atom. The molecule has 0 saturated heterocycles. The van der Waals surface area contributed by atoms with Crippen LogP contribution in [-0.2, 0) is 0 Å². The van der Waals surface area contributed by atoms with E-state index in [2.05, 4.69) is 32.5 Å². The highest BCUT2D eigenvalue weighted by atomic mass is 16.6. The lowest BCUT2D eigenvalue weighted by atomic mass is 10.3. The van der Waals surface area contributed by atoms with Crippen LogP contribution in [0.15, 0.2) is 19.9 Å². The van der Waals surface area contributed by atoms with E-state index >= 15 is 0 Å². The van der Waals surface area contributed by atoms with Gasteiger partial charge in [0, 0.05) is 0 Å². The van der Waals surface area contributed by atoms with Crippen LogP contribution in [0.4, 0.5) is 0 Å². The summed E-state index contributed by atoms with van der Waals surface area (Å²) < 4.78 is 8.73. The van der Waals surface area contributed by atoms with Gasteiger partial charge in [0.1, 0.15) is 6.26 Å². The molecule has 0 aromatic carbocycles. The van der Waals surface area contributed by atoms with Crippen molar-refractivity contribution >= 4 is 0 Å². The first-order valence-electron chi connectivity index (χ1n) is 3.47. The van der Waals surface area contributed by atoms with Crippen molar-refractivity contribution < 1.29 is 13.9 Å². The average molecular weight is 188 g/mol. The second-order valence-electron chi connectivity index (χ2n) is 2.06. The molecule has 1 N–H and O–H groups in total. The largest absolute Gasteiger partial charge is 0.518 e. The van der Waals surface area contributed by atoms with E-state index in [1.165, 1.54) is 0 Å². The summed E-state index contributed by atoms with van der Waals surface area (Å²) in [5, 5.41) is 9.25. The molecular weight excluding hydrogens is 184 g/mol. The topological polar surface area (TPSA) is 63.6 Å². The molecule has 0 bridgehead atoms. The second-order valence-corrected chi connectivity index (χ2v) is 2.06. The Kier molecular flexibility index (Phi) is 3.21. The molecule has 4 nitrogen and oxygen atoms in total. The summed E-state index contributed by atoms with van der Waals surface area (Å²) in [5.41, 5.74) is 0. The Bertz CT molecular complexity index is 518. The van der Waals surface area contributed by atoms with Crippen molar-refractivity contribution in [2.75, 3.05) is 0 Å². The molecule has 1 unspecified atom stereocenters. The summed E-state index contributed by atoms with van der Waals surface area (Å²) in [7, 11) is 0. The highest BCUT2D eigenvalue weighted by molar-refractivity contribution is 5.35. The molecule has 0 radical (unpaired) electrons. The first-order valence-corrected chi connectivity index (χ1v) is 3.47. The minimum Gasteiger partial charge on any atom is -0.399 e. The Balaban J connectivity index is 2.76. The van der Waals surface area contributed by atoms with Crippen LogP contribution in [0.2, 0.25) is 0 Å². The molecule has 4 heteroatoms. The molecule has 14 heavy (non-hydrogen) atoms. The molecule has 0 fully saturated rings. The van der Waals surface area contributed by atoms with Crippen molar-refractivity contribution in [1.82, 2.24) is 0 Å². The summed E-state index contributed by atoms with van der Waals surface area (Å²) in [6, 6.07) is 0. The number of rotatable bonds is 1. The minimum atomic E-state index is -1.24. The van der Waals surface area contributed by atoms with Gasteiger partial charge in [-0.3, -0.25) is 0 Å². The van der Waals surface area contributed by atoms with Gasteiger partial charge < -0.3 is 13.9 Å². The Morgan fingerprint density at radius 3 is 2.79 bits per heavy atom. The van der Waals surface area contributed by atoms with E-state index in [9.17, 15) is 9.90 Å². The standard InChI is InChI=1S/C10H4O4/c1-2-3-4-5-6-8(11)9-7-13-10(12)14-9/h1,7-8,11H. The van der Waals surface area contributed by atoms with E-state index < -0.39 is 11.9 Å². The van der Waals surface area contributed by atoms with Gasteiger partial charge in [-0.15, -0.1) is 6.42 Å². The van der Waals surface area contributed by atoms with Crippen LogP contribution in [0.1, 0.15) is 11.9 Å². The molecule has 68 valence electrons. The van der Waals surface area contributed by atoms with Crippen molar-refractivity contribution in [1.29, 1.82) is 0 Å². The lowest BCUT2D eigenvalue weighted by Gasteiger charge is -1.91. The number of terminal acetylenes is 1. The summed E-state index contributed by atoms with van der Waals surface area (Å²) in [4.78, 5) is 10.4. The third-order valence-electron chi connectivity index (χ3n) is 1.15. The smallest absolute Gasteiger partial charge is 0.399 e. The molecule has 1 aromatic heterocycles. The minimum absolute atomic E-state index is 0.0648. The van der Waals surface area contributed by atoms with Crippen molar-refractivity contribution in [3.63, 3.8) is 0 Å². The van der Waals surface area contributed by atoms with Gasteiger partial charge in [0.2, 0.25) is 0 Å². The molecular formula is C10H4O4. The molecule has 1 aromatic rings. The highest BCUT2D eigenvalue weighted by Crippen LogP contribution is 2.08. The number of aliphatic hydroxyl groups excluding tert-OH is 1. The SMILES string of the molecule is C#CC#CC#CC(O)c1coc(=O)o1. The molecule has 1 rings (SSSR count). The zero-order valence-electron chi connectivity index (χ0n) is 6.90. The summed E-state index contributed by atoms with van der Waals surface area (Å²) in [6.45, 7) is 0. The Hall–Kier alpha value is -2.35. The van der Waals surface area contributed by atoms with Crippen LogP contribution in [0.3, 0.4) is 0 Å². The molecule has 1 heterocycles. The van der Waals surface area contributed by atoms with Gasteiger partial charge in [-0.05, 0) is 29.6 Å². The quantitative estimate of drug-likeness (QED) is 0.625. The fourth-order valence-corrected chi connectivity index (χ4v) is 0.614. The molecule has 0 amide bonds. The Morgan fingerprint density at radius 1 is 1.43 bits per heavy atom. The van der Waals surface area contributed by atoms with Crippen LogP contribution in [-0.4, -0.2) is 5.11 Å². The van der Waals surface area contributed by atoms with Gasteiger partial charge in [-0.25, -0.2) is 4.79 Å². The maximum absolute atomic E-state index is 10.4. The van der Waals surface area contributed by atoms with Gasteiger partial charge in [-0.1, -0.05) is 0 Å². The van der Waals surface area contributed by atoms with Gasteiger partial charge >= 0.3 is 5.82 Å². The third-order valence-corrected chi connectivity index (χ3v) is 1.15. The average Bonchev–Trinajstić information content (AvgIpc) is 2.59. The summed E-state index contributed by atoms with van der Waals surface area (Å²) in [5.74, 6) is 10.2. The van der Waals surface area contributed by atoms with Gasteiger partial charge in [-0.2, -0.15) is 0 Å². The van der Waals surface area contributed by atoms with E-state index in [4.69, 9.17) is 6.42 Å². The lowest BCUT2D eigenvalue weighted by molar-refractivity contribution is 0.202. The molecule has 0 aliphatic rings. The van der Waals surface area contributed by atoms with Crippen LogP contribution < -0.4 is 5.82 Å². The number of aliphatic hydroxyl groups is 1. The van der Waals surface area contributed by atoms with Crippen molar-refractivity contribution in [3.05, 3.63) is 22.6 Å². The van der Waals surface area contributed by atoms with E-state index in [1.807, 2.05) is 5.92 Å². The highest BCUT2D eigenvalue weighted by Gasteiger charge is 2.09. The van der Waals surface area contributed by atoms with Crippen LogP contribution in [0.25, 0.3) is 0 Å². The maximum Gasteiger partial charge on any atom is 0.518 e. The van der Waals surface area contributed by atoms with Crippen molar-refractivity contribution in [3.8, 4) is 36.0 Å². The molecule has 0 spiro atoms. The van der Waals surface area contributed by atoms with E-state index in [0.717, 1.165) is 6.26 Å². The van der Waals surface area contributed by atoms with E-state index in [-0.39, 0.29) is 5.76 Å².